The third kappa shape index (κ3) is 3.54. The van der Waals surface area contributed by atoms with Crippen molar-refractivity contribution in [3.63, 3.8) is 0 Å². The van der Waals surface area contributed by atoms with E-state index in [0.717, 1.165) is 37.5 Å². The molecule has 1 unspecified atom stereocenters. The summed E-state index contributed by atoms with van der Waals surface area (Å²) < 4.78 is 7.13. The van der Waals surface area contributed by atoms with Crippen molar-refractivity contribution in [1.82, 2.24) is 15.1 Å². The first-order chi connectivity index (χ1) is 8.65. The van der Waals surface area contributed by atoms with Gasteiger partial charge in [0.1, 0.15) is 5.82 Å². The second kappa shape index (κ2) is 5.97. The molecule has 1 aliphatic heterocycles. The quantitative estimate of drug-likeness (QED) is 0.797. The molecule has 0 bridgehead atoms. The minimum atomic E-state index is -0.0593. The molecule has 2 N–H and O–H groups in total. The molecular weight excluding hydrogens is 232 g/mol. The summed E-state index contributed by atoms with van der Waals surface area (Å²) in [5, 5.41) is 10.1. The molecule has 1 aromatic heterocycles. The third-order valence-electron chi connectivity index (χ3n) is 2.95. The Labute approximate surface area is 107 Å². The summed E-state index contributed by atoms with van der Waals surface area (Å²) in [7, 11) is 1.81. The molecule has 6 heteroatoms. The van der Waals surface area contributed by atoms with Crippen LogP contribution in [0.1, 0.15) is 18.5 Å². The van der Waals surface area contributed by atoms with Gasteiger partial charge in [0.25, 0.3) is 0 Å². The average Bonchev–Trinajstić information content (AvgIpc) is 2.90. The molecule has 6 nitrogen and oxygen atoms in total. The maximum atomic E-state index is 11.7. The van der Waals surface area contributed by atoms with Crippen LogP contribution in [0.3, 0.4) is 0 Å². The first-order valence-corrected chi connectivity index (χ1v) is 6.28. The van der Waals surface area contributed by atoms with Crippen LogP contribution in [0.4, 0.5) is 5.82 Å². The number of aromatic nitrogens is 2. The van der Waals surface area contributed by atoms with Crippen molar-refractivity contribution in [3.05, 3.63) is 11.8 Å². The van der Waals surface area contributed by atoms with Crippen molar-refractivity contribution in [2.45, 2.75) is 25.9 Å². The number of hydrogen-bond acceptors (Lipinski definition) is 4. The van der Waals surface area contributed by atoms with E-state index in [1.165, 1.54) is 0 Å². The van der Waals surface area contributed by atoms with E-state index in [4.69, 9.17) is 4.74 Å². The number of carbonyl (C=O) groups excluding carboxylic acids is 1. The van der Waals surface area contributed by atoms with E-state index in [9.17, 15) is 4.79 Å². The fraction of sp³-hybridized carbons (Fsp3) is 0.667. The van der Waals surface area contributed by atoms with Gasteiger partial charge in [-0.15, -0.1) is 0 Å². The van der Waals surface area contributed by atoms with Gasteiger partial charge in [0, 0.05) is 26.3 Å². The summed E-state index contributed by atoms with van der Waals surface area (Å²) in [6, 6.07) is 1.85. The van der Waals surface area contributed by atoms with Gasteiger partial charge in [-0.1, -0.05) is 0 Å². The molecular formula is C12H20N4O2. The number of rotatable bonds is 5. The summed E-state index contributed by atoms with van der Waals surface area (Å²) in [6.45, 7) is 3.76. The highest BCUT2D eigenvalue weighted by Crippen LogP contribution is 2.10. The molecule has 0 aliphatic carbocycles. The predicted molar refractivity (Wildman–Crippen MR) is 68.4 cm³/mol. The van der Waals surface area contributed by atoms with Crippen LogP contribution >= 0.6 is 0 Å². The maximum Gasteiger partial charge on any atom is 0.239 e. The van der Waals surface area contributed by atoms with Crippen LogP contribution in [0.15, 0.2) is 6.07 Å². The van der Waals surface area contributed by atoms with Gasteiger partial charge in [-0.3, -0.25) is 9.48 Å². The number of aryl methyl sites for hydroxylation is 2. The second-order valence-corrected chi connectivity index (χ2v) is 4.61. The summed E-state index contributed by atoms with van der Waals surface area (Å²) in [4.78, 5) is 11.7. The summed E-state index contributed by atoms with van der Waals surface area (Å²) in [5.41, 5.74) is 0.889. The van der Waals surface area contributed by atoms with Gasteiger partial charge in [-0.2, -0.15) is 5.10 Å². The Kier molecular flexibility index (Phi) is 4.33. The van der Waals surface area contributed by atoms with E-state index in [0.29, 0.717) is 6.54 Å². The van der Waals surface area contributed by atoms with E-state index < -0.39 is 0 Å². The number of amides is 1. The molecule has 1 fully saturated rings. The lowest BCUT2D eigenvalue weighted by molar-refractivity contribution is -0.115. The Morgan fingerprint density at radius 3 is 3.11 bits per heavy atom. The van der Waals surface area contributed by atoms with Crippen molar-refractivity contribution < 1.29 is 9.53 Å². The molecule has 2 heterocycles. The van der Waals surface area contributed by atoms with Gasteiger partial charge in [0.2, 0.25) is 5.91 Å². The molecule has 2 rings (SSSR count). The summed E-state index contributed by atoms with van der Waals surface area (Å²) in [6.07, 6.45) is 2.46. The average molecular weight is 252 g/mol. The van der Waals surface area contributed by atoms with Crippen molar-refractivity contribution in [3.8, 4) is 0 Å². The van der Waals surface area contributed by atoms with E-state index >= 15 is 0 Å². The molecule has 1 aliphatic rings. The van der Waals surface area contributed by atoms with Crippen LogP contribution in [0.25, 0.3) is 0 Å². The minimum absolute atomic E-state index is 0.0593. The Balaban J connectivity index is 1.70. The molecule has 1 aromatic rings. The molecule has 1 saturated heterocycles. The number of hydrogen-bond donors (Lipinski definition) is 2. The number of carbonyl (C=O) groups is 1. The Morgan fingerprint density at radius 1 is 1.67 bits per heavy atom. The van der Waals surface area contributed by atoms with Gasteiger partial charge in [-0.25, -0.2) is 0 Å². The maximum absolute atomic E-state index is 11.7. The number of ether oxygens (including phenoxy) is 1. The fourth-order valence-corrected chi connectivity index (χ4v) is 2.07. The highest BCUT2D eigenvalue weighted by atomic mass is 16.5. The normalized spacial score (nSPS) is 19.1. The molecule has 1 atom stereocenters. The molecule has 1 amide bonds. The van der Waals surface area contributed by atoms with Gasteiger partial charge in [0.05, 0.1) is 18.3 Å². The van der Waals surface area contributed by atoms with E-state index in [1.807, 2.05) is 20.0 Å². The van der Waals surface area contributed by atoms with Crippen LogP contribution in [-0.4, -0.2) is 41.5 Å². The van der Waals surface area contributed by atoms with Crippen LogP contribution in [-0.2, 0) is 16.6 Å². The predicted octanol–water partition coefficient (Wildman–Crippen LogP) is 0.436. The zero-order valence-electron chi connectivity index (χ0n) is 10.9. The van der Waals surface area contributed by atoms with Crippen LogP contribution in [0.2, 0.25) is 0 Å². The Hall–Kier alpha value is -1.40. The molecule has 0 radical (unpaired) electrons. The molecule has 18 heavy (non-hydrogen) atoms. The van der Waals surface area contributed by atoms with Crippen molar-refractivity contribution in [1.29, 1.82) is 0 Å². The van der Waals surface area contributed by atoms with Crippen LogP contribution in [0.5, 0.6) is 0 Å². The fourth-order valence-electron chi connectivity index (χ4n) is 2.07. The topological polar surface area (TPSA) is 68.2 Å². The van der Waals surface area contributed by atoms with E-state index in [2.05, 4.69) is 15.7 Å². The second-order valence-electron chi connectivity index (χ2n) is 4.61. The zero-order valence-corrected chi connectivity index (χ0v) is 10.9. The minimum Gasteiger partial charge on any atom is -0.377 e. The van der Waals surface area contributed by atoms with Crippen molar-refractivity contribution in [2.75, 3.05) is 25.0 Å². The monoisotopic (exact) mass is 252 g/mol. The Morgan fingerprint density at radius 2 is 2.50 bits per heavy atom. The molecule has 0 saturated carbocycles. The Bertz CT molecular complexity index is 410. The third-order valence-corrected chi connectivity index (χ3v) is 2.95. The molecule has 0 aromatic carbocycles. The SMILES string of the molecule is Cc1cc(NC(=O)CNCC2CCCO2)n(C)n1. The van der Waals surface area contributed by atoms with E-state index in [-0.39, 0.29) is 12.0 Å². The lowest BCUT2D eigenvalue weighted by atomic mass is 10.2. The highest BCUT2D eigenvalue weighted by Gasteiger charge is 2.15. The van der Waals surface area contributed by atoms with Crippen LogP contribution < -0.4 is 10.6 Å². The zero-order chi connectivity index (χ0) is 13.0. The van der Waals surface area contributed by atoms with Crippen molar-refractivity contribution in [2.24, 2.45) is 7.05 Å². The lowest BCUT2D eigenvalue weighted by Crippen LogP contribution is -2.33. The van der Waals surface area contributed by atoms with Crippen molar-refractivity contribution >= 4 is 11.7 Å². The number of anilines is 1. The van der Waals surface area contributed by atoms with Crippen LogP contribution in [0, 0.1) is 6.92 Å². The molecule has 100 valence electrons. The smallest absolute Gasteiger partial charge is 0.239 e. The summed E-state index contributed by atoms with van der Waals surface area (Å²) in [5.74, 6) is 0.660. The first kappa shape index (κ1) is 13.0. The number of nitrogens with one attached hydrogen (secondary N) is 2. The standard InChI is InChI=1S/C12H20N4O2/c1-9-6-11(16(2)15-9)14-12(17)8-13-7-10-4-3-5-18-10/h6,10,13H,3-5,7-8H2,1-2H3,(H,14,17). The molecule has 0 spiro atoms. The number of nitrogens with zero attached hydrogens (tertiary/aromatic N) is 2. The van der Waals surface area contributed by atoms with Gasteiger partial charge < -0.3 is 15.4 Å². The van der Waals surface area contributed by atoms with Gasteiger partial charge >= 0.3 is 0 Å². The van der Waals surface area contributed by atoms with Gasteiger partial charge in [-0.05, 0) is 19.8 Å². The highest BCUT2D eigenvalue weighted by molar-refractivity contribution is 5.91. The lowest BCUT2D eigenvalue weighted by Gasteiger charge is -2.10. The van der Waals surface area contributed by atoms with Gasteiger partial charge in [0.15, 0.2) is 0 Å². The van der Waals surface area contributed by atoms with E-state index in [1.54, 1.807) is 4.68 Å². The first-order valence-electron chi connectivity index (χ1n) is 6.28. The summed E-state index contributed by atoms with van der Waals surface area (Å²) >= 11 is 0. The largest absolute Gasteiger partial charge is 0.377 e.